The predicted molar refractivity (Wildman–Crippen MR) is 60.6 cm³/mol. The molecule has 13 heavy (non-hydrogen) atoms. The minimum atomic E-state index is 0.670. The Morgan fingerprint density at radius 2 is 2.00 bits per heavy atom. The second kappa shape index (κ2) is 6.30. The van der Waals surface area contributed by atoms with Crippen molar-refractivity contribution >= 4 is 23.4 Å². The van der Waals surface area contributed by atoms with Crippen LogP contribution in [0.4, 0.5) is 0 Å². The number of hydrogen-bond acceptors (Lipinski definition) is 2. The van der Waals surface area contributed by atoms with Crippen molar-refractivity contribution in [1.82, 2.24) is 5.32 Å². The van der Waals surface area contributed by atoms with Crippen LogP contribution in [0, 0.1) is 0 Å². The van der Waals surface area contributed by atoms with Gasteiger partial charge < -0.3 is 5.32 Å². The van der Waals surface area contributed by atoms with Crippen LogP contribution in [-0.4, -0.2) is 18.7 Å². The molecule has 0 aromatic heterocycles. The first-order chi connectivity index (χ1) is 6.36. The summed E-state index contributed by atoms with van der Waals surface area (Å²) in [5.41, 5.74) is 1.31. The van der Waals surface area contributed by atoms with E-state index in [-0.39, 0.29) is 0 Å². The highest BCUT2D eigenvalue weighted by Gasteiger charge is 1.92. The number of nitrogens with one attached hydrogen (secondary N) is 1. The summed E-state index contributed by atoms with van der Waals surface area (Å²) in [6.07, 6.45) is 2.08. The third kappa shape index (κ3) is 4.03. The van der Waals surface area contributed by atoms with Crippen molar-refractivity contribution in [2.75, 3.05) is 18.7 Å². The molecule has 0 saturated carbocycles. The Morgan fingerprint density at radius 3 is 2.54 bits per heavy atom. The minimum Gasteiger partial charge on any atom is -0.311 e. The van der Waals surface area contributed by atoms with Crippen molar-refractivity contribution < 1.29 is 0 Å². The standard InChI is InChI=1S/C10H14ClNS/c1-13-10-4-2-9(3-5-10)8-12-7-6-11/h2-5,12H,6-8H2,1H3. The number of benzene rings is 1. The molecule has 0 aliphatic carbocycles. The third-order valence-electron chi connectivity index (χ3n) is 1.76. The lowest BCUT2D eigenvalue weighted by molar-refractivity contribution is 0.730. The summed E-state index contributed by atoms with van der Waals surface area (Å²) in [6, 6.07) is 8.57. The molecule has 0 amide bonds. The highest BCUT2D eigenvalue weighted by Crippen LogP contribution is 2.14. The Hall–Kier alpha value is -0.180. The fraction of sp³-hybridized carbons (Fsp3) is 0.400. The van der Waals surface area contributed by atoms with Gasteiger partial charge in [0.2, 0.25) is 0 Å². The van der Waals surface area contributed by atoms with Gasteiger partial charge in [-0.3, -0.25) is 0 Å². The lowest BCUT2D eigenvalue weighted by atomic mass is 10.2. The van der Waals surface area contributed by atoms with Crippen molar-refractivity contribution in [3.05, 3.63) is 29.8 Å². The molecular weight excluding hydrogens is 202 g/mol. The maximum absolute atomic E-state index is 5.55. The van der Waals surface area contributed by atoms with Gasteiger partial charge in [-0.15, -0.1) is 23.4 Å². The van der Waals surface area contributed by atoms with Crippen LogP contribution in [0.25, 0.3) is 0 Å². The van der Waals surface area contributed by atoms with Gasteiger partial charge in [-0.1, -0.05) is 12.1 Å². The Kier molecular flexibility index (Phi) is 5.28. The SMILES string of the molecule is CSc1ccc(CNCCCl)cc1. The molecule has 1 N–H and O–H groups in total. The van der Waals surface area contributed by atoms with Crippen molar-refractivity contribution in [2.45, 2.75) is 11.4 Å². The normalized spacial score (nSPS) is 10.3. The van der Waals surface area contributed by atoms with Gasteiger partial charge in [0.15, 0.2) is 0 Å². The van der Waals surface area contributed by atoms with Crippen LogP contribution in [0.3, 0.4) is 0 Å². The highest BCUT2D eigenvalue weighted by atomic mass is 35.5. The maximum Gasteiger partial charge on any atom is 0.0348 e. The molecule has 0 heterocycles. The van der Waals surface area contributed by atoms with E-state index in [9.17, 15) is 0 Å². The summed E-state index contributed by atoms with van der Waals surface area (Å²) >= 11 is 7.31. The van der Waals surface area contributed by atoms with E-state index >= 15 is 0 Å². The fourth-order valence-corrected chi connectivity index (χ4v) is 1.58. The number of thioether (sulfide) groups is 1. The van der Waals surface area contributed by atoms with Crippen molar-refractivity contribution in [1.29, 1.82) is 0 Å². The van der Waals surface area contributed by atoms with Crippen LogP contribution in [-0.2, 0) is 6.54 Å². The largest absolute Gasteiger partial charge is 0.311 e. The molecule has 0 aliphatic heterocycles. The Labute approximate surface area is 88.9 Å². The van der Waals surface area contributed by atoms with Gasteiger partial charge in [-0.25, -0.2) is 0 Å². The molecular formula is C10H14ClNS. The Bertz CT molecular complexity index is 235. The van der Waals surface area contributed by atoms with Crippen LogP contribution in [0.1, 0.15) is 5.56 Å². The predicted octanol–water partition coefficient (Wildman–Crippen LogP) is 2.74. The zero-order valence-corrected chi connectivity index (χ0v) is 9.29. The van der Waals surface area contributed by atoms with Crippen molar-refractivity contribution in [2.24, 2.45) is 0 Å². The molecule has 1 aromatic rings. The number of rotatable bonds is 5. The first-order valence-corrected chi connectivity index (χ1v) is 6.02. The minimum absolute atomic E-state index is 0.670. The van der Waals surface area contributed by atoms with Crippen LogP contribution < -0.4 is 5.32 Å². The van der Waals surface area contributed by atoms with Crippen molar-refractivity contribution in [3.63, 3.8) is 0 Å². The quantitative estimate of drug-likeness (QED) is 0.461. The number of hydrogen-bond donors (Lipinski definition) is 1. The number of halogens is 1. The summed E-state index contributed by atoms with van der Waals surface area (Å²) in [5.74, 6) is 0.670. The van der Waals surface area contributed by atoms with Gasteiger partial charge >= 0.3 is 0 Å². The average Bonchev–Trinajstić information content (AvgIpc) is 2.19. The molecule has 0 saturated heterocycles. The van der Waals surface area contributed by atoms with Crippen molar-refractivity contribution in [3.8, 4) is 0 Å². The summed E-state index contributed by atoms with van der Waals surface area (Å²) < 4.78 is 0. The van der Waals surface area contributed by atoms with E-state index < -0.39 is 0 Å². The fourth-order valence-electron chi connectivity index (χ4n) is 1.04. The van der Waals surface area contributed by atoms with Gasteiger partial charge in [0, 0.05) is 23.9 Å². The maximum atomic E-state index is 5.55. The van der Waals surface area contributed by atoms with Gasteiger partial charge in [-0.05, 0) is 24.0 Å². The van der Waals surface area contributed by atoms with E-state index in [2.05, 4.69) is 35.8 Å². The summed E-state index contributed by atoms with van der Waals surface area (Å²) in [5, 5.41) is 3.25. The van der Waals surface area contributed by atoms with Crippen LogP contribution in [0.15, 0.2) is 29.2 Å². The summed E-state index contributed by atoms with van der Waals surface area (Å²) in [4.78, 5) is 1.31. The molecule has 0 atom stereocenters. The van der Waals surface area contributed by atoms with E-state index in [1.807, 2.05) is 0 Å². The Balaban J connectivity index is 2.40. The molecule has 1 aromatic carbocycles. The lowest BCUT2D eigenvalue weighted by Crippen LogP contribution is -2.15. The second-order valence-electron chi connectivity index (χ2n) is 2.71. The number of alkyl halides is 1. The van der Waals surface area contributed by atoms with Crippen LogP contribution in [0.5, 0.6) is 0 Å². The molecule has 1 nitrogen and oxygen atoms in total. The Morgan fingerprint density at radius 1 is 1.31 bits per heavy atom. The van der Waals surface area contributed by atoms with E-state index in [4.69, 9.17) is 11.6 Å². The van der Waals surface area contributed by atoms with E-state index in [1.165, 1.54) is 10.5 Å². The zero-order valence-electron chi connectivity index (χ0n) is 7.72. The van der Waals surface area contributed by atoms with Gasteiger partial charge in [0.1, 0.15) is 0 Å². The van der Waals surface area contributed by atoms with E-state index in [0.29, 0.717) is 5.88 Å². The molecule has 72 valence electrons. The lowest BCUT2D eigenvalue weighted by Gasteiger charge is -2.03. The topological polar surface area (TPSA) is 12.0 Å². The van der Waals surface area contributed by atoms with Crippen LogP contribution in [0.2, 0.25) is 0 Å². The van der Waals surface area contributed by atoms with Crippen LogP contribution >= 0.6 is 23.4 Å². The molecule has 0 unspecified atom stereocenters. The van der Waals surface area contributed by atoms with Gasteiger partial charge in [0.25, 0.3) is 0 Å². The highest BCUT2D eigenvalue weighted by molar-refractivity contribution is 7.98. The van der Waals surface area contributed by atoms with E-state index in [0.717, 1.165) is 13.1 Å². The first kappa shape index (κ1) is 10.9. The second-order valence-corrected chi connectivity index (χ2v) is 3.97. The summed E-state index contributed by atoms with van der Waals surface area (Å²) in [6.45, 7) is 1.77. The molecule has 0 aliphatic rings. The summed E-state index contributed by atoms with van der Waals surface area (Å²) in [7, 11) is 0. The molecule has 0 spiro atoms. The first-order valence-electron chi connectivity index (χ1n) is 4.26. The molecule has 0 radical (unpaired) electrons. The smallest absolute Gasteiger partial charge is 0.0348 e. The van der Waals surface area contributed by atoms with Gasteiger partial charge in [-0.2, -0.15) is 0 Å². The monoisotopic (exact) mass is 215 g/mol. The average molecular weight is 216 g/mol. The van der Waals surface area contributed by atoms with Gasteiger partial charge in [0.05, 0.1) is 0 Å². The molecule has 0 bridgehead atoms. The molecule has 3 heteroatoms. The third-order valence-corrected chi connectivity index (χ3v) is 2.69. The zero-order chi connectivity index (χ0) is 9.52. The van der Waals surface area contributed by atoms with E-state index in [1.54, 1.807) is 11.8 Å². The molecule has 1 rings (SSSR count). The molecule has 0 fully saturated rings.